The largest absolute Gasteiger partial charge is 0.456 e. The zero-order valence-corrected chi connectivity index (χ0v) is 9.08. The van der Waals surface area contributed by atoms with Gasteiger partial charge in [0.25, 0.3) is 0 Å². The molecular formula is C14H14O. The molecule has 1 aliphatic carbocycles. The fraction of sp³-hybridized carbons (Fsp3) is 0.286. The molecule has 0 fully saturated rings. The second kappa shape index (κ2) is 2.99. The number of rotatable bonds is 0. The van der Waals surface area contributed by atoms with Gasteiger partial charge in [-0.25, -0.2) is 0 Å². The van der Waals surface area contributed by atoms with Crippen LogP contribution in [-0.2, 0) is 0 Å². The molecule has 1 aromatic carbocycles. The van der Waals surface area contributed by atoms with Crippen LogP contribution in [0.25, 0.3) is 17.0 Å². The Bertz CT molecular complexity index is 546. The van der Waals surface area contributed by atoms with Crippen LogP contribution in [0.2, 0.25) is 0 Å². The van der Waals surface area contributed by atoms with Crippen molar-refractivity contribution in [3.8, 4) is 0 Å². The first kappa shape index (κ1) is 8.78. The van der Waals surface area contributed by atoms with Gasteiger partial charge in [-0.15, -0.1) is 0 Å². The zero-order valence-electron chi connectivity index (χ0n) is 9.08. The van der Waals surface area contributed by atoms with Crippen molar-refractivity contribution >= 4 is 17.0 Å². The highest BCUT2D eigenvalue weighted by atomic mass is 16.3. The minimum absolute atomic E-state index is 0.576. The maximum atomic E-state index is 5.85. The zero-order chi connectivity index (χ0) is 10.4. The first-order chi connectivity index (χ1) is 7.27. The van der Waals surface area contributed by atoms with Crippen LogP contribution in [0.3, 0.4) is 0 Å². The van der Waals surface area contributed by atoms with Crippen LogP contribution in [-0.4, -0.2) is 0 Å². The second-order valence-electron chi connectivity index (χ2n) is 4.37. The van der Waals surface area contributed by atoms with Crippen molar-refractivity contribution in [2.45, 2.75) is 26.2 Å². The molecule has 15 heavy (non-hydrogen) atoms. The minimum atomic E-state index is 0.576. The highest BCUT2D eigenvalue weighted by molar-refractivity contribution is 5.88. The Morgan fingerprint density at radius 1 is 1.33 bits per heavy atom. The number of benzene rings is 1. The summed E-state index contributed by atoms with van der Waals surface area (Å²) in [4.78, 5) is 0. The van der Waals surface area contributed by atoms with Gasteiger partial charge in [0, 0.05) is 10.9 Å². The van der Waals surface area contributed by atoms with E-state index in [4.69, 9.17) is 4.42 Å². The van der Waals surface area contributed by atoms with Gasteiger partial charge >= 0.3 is 0 Å². The van der Waals surface area contributed by atoms with E-state index in [-0.39, 0.29) is 0 Å². The van der Waals surface area contributed by atoms with Crippen molar-refractivity contribution in [2.24, 2.45) is 0 Å². The maximum absolute atomic E-state index is 5.85. The lowest BCUT2D eigenvalue weighted by Crippen LogP contribution is -1.97. The minimum Gasteiger partial charge on any atom is -0.456 e. The molecule has 2 aromatic rings. The normalized spacial score (nSPS) is 19.5. The van der Waals surface area contributed by atoms with E-state index in [2.05, 4.69) is 44.2 Å². The van der Waals surface area contributed by atoms with Crippen LogP contribution >= 0.6 is 0 Å². The van der Waals surface area contributed by atoms with Gasteiger partial charge < -0.3 is 4.42 Å². The van der Waals surface area contributed by atoms with Crippen molar-refractivity contribution in [3.05, 3.63) is 41.2 Å². The third kappa shape index (κ3) is 1.16. The monoisotopic (exact) mass is 198 g/mol. The van der Waals surface area contributed by atoms with Crippen LogP contribution < -0.4 is 0 Å². The summed E-state index contributed by atoms with van der Waals surface area (Å²) in [6.07, 6.45) is 5.43. The lowest BCUT2D eigenvalue weighted by atomic mass is 9.89. The molecule has 1 heteroatoms. The Balaban J connectivity index is 2.44. The maximum Gasteiger partial charge on any atom is 0.135 e. The standard InChI is InChI=1S/C14H14O/c1-9-5-3-7-11-13(9)14-10(2)6-4-8-12(14)15-11/h3-5,7-8,10H,6H2,1-2H3. The third-order valence-electron chi connectivity index (χ3n) is 3.24. The molecule has 0 aliphatic heterocycles. The van der Waals surface area contributed by atoms with Crippen LogP contribution in [0.15, 0.2) is 28.7 Å². The fourth-order valence-corrected chi connectivity index (χ4v) is 2.48. The molecule has 0 saturated carbocycles. The van der Waals surface area contributed by atoms with Gasteiger partial charge in [-0.2, -0.15) is 0 Å². The molecule has 3 rings (SSSR count). The van der Waals surface area contributed by atoms with Gasteiger partial charge in [-0.1, -0.05) is 25.1 Å². The van der Waals surface area contributed by atoms with Gasteiger partial charge in [0.15, 0.2) is 0 Å². The number of hydrogen-bond donors (Lipinski definition) is 0. The van der Waals surface area contributed by atoms with Gasteiger partial charge in [0.2, 0.25) is 0 Å². The first-order valence-electron chi connectivity index (χ1n) is 5.46. The molecule has 0 saturated heterocycles. The summed E-state index contributed by atoms with van der Waals surface area (Å²) in [5, 5.41) is 1.32. The summed E-state index contributed by atoms with van der Waals surface area (Å²) in [6, 6.07) is 6.27. The lowest BCUT2D eigenvalue weighted by Gasteiger charge is -2.13. The summed E-state index contributed by atoms with van der Waals surface area (Å²) in [5.74, 6) is 1.63. The summed E-state index contributed by atoms with van der Waals surface area (Å²) in [7, 11) is 0. The molecule has 0 radical (unpaired) electrons. The Morgan fingerprint density at radius 2 is 2.20 bits per heavy atom. The van der Waals surface area contributed by atoms with E-state index >= 15 is 0 Å². The molecule has 76 valence electrons. The molecule has 0 spiro atoms. The van der Waals surface area contributed by atoms with Gasteiger partial charge in [-0.05, 0) is 37.0 Å². The number of aryl methyl sites for hydroxylation is 1. The van der Waals surface area contributed by atoms with Crippen LogP contribution in [0.1, 0.15) is 36.1 Å². The molecule has 1 unspecified atom stereocenters. The summed E-state index contributed by atoms with van der Waals surface area (Å²) in [5.41, 5.74) is 3.74. The molecule has 1 atom stereocenters. The van der Waals surface area contributed by atoms with Crippen molar-refractivity contribution < 1.29 is 4.42 Å². The molecular weight excluding hydrogens is 184 g/mol. The Labute approximate surface area is 89.4 Å². The molecule has 0 bridgehead atoms. The summed E-state index contributed by atoms with van der Waals surface area (Å²) >= 11 is 0. The van der Waals surface area contributed by atoms with E-state index in [1.807, 2.05) is 0 Å². The summed E-state index contributed by atoms with van der Waals surface area (Å²) < 4.78 is 5.85. The van der Waals surface area contributed by atoms with E-state index in [1.165, 1.54) is 16.5 Å². The number of furan rings is 1. The Kier molecular flexibility index (Phi) is 1.75. The van der Waals surface area contributed by atoms with Gasteiger partial charge in [0.1, 0.15) is 11.3 Å². The van der Waals surface area contributed by atoms with Crippen LogP contribution in [0, 0.1) is 6.92 Å². The van der Waals surface area contributed by atoms with Crippen LogP contribution in [0.5, 0.6) is 0 Å². The van der Waals surface area contributed by atoms with Crippen molar-refractivity contribution in [3.63, 3.8) is 0 Å². The molecule has 1 aromatic heterocycles. The highest BCUT2D eigenvalue weighted by Gasteiger charge is 2.21. The predicted molar refractivity (Wildman–Crippen MR) is 63.0 cm³/mol. The topological polar surface area (TPSA) is 13.1 Å². The van der Waals surface area contributed by atoms with Crippen molar-refractivity contribution in [2.75, 3.05) is 0 Å². The van der Waals surface area contributed by atoms with E-state index in [9.17, 15) is 0 Å². The van der Waals surface area contributed by atoms with Crippen molar-refractivity contribution in [1.82, 2.24) is 0 Å². The quantitative estimate of drug-likeness (QED) is 0.616. The van der Waals surface area contributed by atoms with Gasteiger partial charge in [0.05, 0.1) is 0 Å². The highest BCUT2D eigenvalue weighted by Crippen LogP contribution is 2.38. The Hall–Kier alpha value is -1.50. The van der Waals surface area contributed by atoms with E-state index in [1.54, 1.807) is 0 Å². The SMILES string of the molecule is Cc1cccc2oc3c(c12)C(C)CC=C3. The van der Waals surface area contributed by atoms with E-state index < -0.39 is 0 Å². The molecule has 0 amide bonds. The smallest absolute Gasteiger partial charge is 0.135 e. The summed E-state index contributed by atoms with van der Waals surface area (Å²) in [6.45, 7) is 4.42. The van der Waals surface area contributed by atoms with E-state index in [0.717, 1.165) is 17.8 Å². The lowest BCUT2D eigenvalue weighted by molar-refractivity contribution is 0.586. The Morgan fingerprint density at radius 3 is 3.07 bits per heavy atom. The van der Waals surface area contributed by atoms with Crippen LogP contribution in [0.4, 0.5) is 0 Å². The number of allylic oxidation sites excluding steroid dienone is 1. The molecule has 1 heterocycles. The second-order valence-corrected chi connectivity index (χ2v) is 4.37. The molecule has 1 nitrogen and oxygen atoms in total. The van der Waals surface area contributed by atoms with Crippen molar-refractivity contribution in [1.29, 1.82) is 0 Å². The third-order valence-corrected chi connectivity index (χ3v) is 3.24. The number of fused-ring (bicyclic) bond motifs is 3. The predicted octanol–water partition coefficient (Wildman–Crippen LogP) is 4.26. The average molecular weight is 198 g/mol. The molecule has 1 aliphatic rings. The average Bonchev–Trinajstić information content (AvgIpc) is 2.58. The van der Waals surface area contributed by atoms with E-state index in [0.29, 0.717) is 5.92 Å². The number of hydrogen-bond acceptors (Lipinski definition) is 1. The fourth-order valence-electron chi connectivity index (χ4n) is 2.48. The van der Waals surface area contributed by atoms with Gasteiger partial charge in [-0.3, -0.25) is 0 Å². The first-order valence-corrected chi connectivity index (χ1v) is 5.46. The molecule has 0 N–H and O–H groups in total.